The Morgan fingerprint density at radius 1 is 0.298 bits per heavy atom. The van der Waals surface area contributed by atoms with Crippen LogP contribution in [-0.4, -0.2) is 96.7 Å². The Labute approximate surface area is 575 Å². The molecule has 0 aromatic heterocycles. The van der Waals surface area contributed by atoms with E-state index in [9.17, 15) is 43.2 Å². The van der Waals surface area contributed by atoms with Crippen LogP contribution in [0.1, 0.15) is 376 Å². The second-order valence-corrected chi connectivity index (χ2v) is 31.6. The van der Waals surface area contributed by atoms with Gasteiger partial charge < -0.3 is 33.8 Å². The van der Waals surface area contributed by atoms with E-state index in [1.807, 2.05) is 0 Å². The second kappa shape index (κ2) is 64.4. The molecular weight excluding hydrogens is 1230 g/mol. The molecule has 0 saturated carbocycles. The van der Waals surface area contributed by atoms with E-state index in [-0.39, 0.29) is 25.7 Å². The fourth-order valence-corrected chi connectivity index (χ4v) is 12.9. The molecule has 6 atom stereocenters. The third-order valence-electron chi connectivity index (χ3n) is 17.7. The summed E-state index contributed by atoms with van der Waals surface area (Å²) in [5.41, 5.74) is 0. The molecular formula is C75H146O17P2. The molecule has 0 aromatic carbocycles. The number of carbonyl (C=O) groups is 4. The van der Waals surface area contributed by atoms with E-state index in [4.69, 9.17) is 37.0 Å². The van der Waals surface area contributed by atoms with Crippen LogP contribution in [0.15, 0.2) is 0 Å². The topological polar surface area (TPSA) is 237 Å². The van der Waals surface area contributed by atoms with Crippen LogP contribution in [0, 0.1) is 23.7 Å². The molecule has 0 aromatic rings. The lowest BCUT2D eigenvalue weighted by molar-refractivity contribution is -0.161. The van der Waals surface area contributed by atoms with Crippen molar-refractivity contribution in [3.63, 3.8) is 0 Å². The van der Waals surface area contributed by atoms with Crippen molar-refractivity contribution in [2.24, 2.45) is 23.7 Å². The minimum atomic E-state index is -4.96. The molecule has 0 fully saturated rings. The molecule has 19 heteroatoms. The van der Waals surface area contributed by atoms with Gasteiger partial charge in [0.15, 0.2) is 12.2 Å². The van der Waals surface area contributed by atoms with Gasteiger partial charge in [0.25, 0.3) is 0 Å². The maximum Gasteiger partial charge on any atom is 0.472 e. The minimum Gasteiger partial charge on any atom is -0.462 e. The summed E-state index contributed by atoms with van der Waals surface area (Å²) >= 11 is 0. The molecule has 0 saturated heterocycles. The van der Waals surface area contributed by atoms with Crippen molar-refractivity contribution in [1.29, 1.82) is 0 Å². The van der Waals surface area contributed by atoms with Crippen LogP contribution in [0.2, 0.25) is 0 Å². The molecule has 0 aliphatic rings. The quantitative estimate of drug-likeness (QED) is 0.0222. The fourth-order valence-electron chi connectivity index (χ4n) is 11.3. The molecule has 0 bridgehead atoms. The number of esters is 4. The summed E-state index contributed by atoms with van der Waals surface area (Å²) in [6, 6.07) is 0. The van der Waals surface area contributed by atoms with Crippen molar-refractivity contribution in [3.8, 4) is 0 Å². The van der Waals surface area contributed by atoms with Gasteiger partial charge >= 0.3 is 39.5 Å². The monoisotopic (exact) mass is 1380 g/mol. The van der Waals surface area contributed by atoms with Crippen molar-refractivity contribution < 1.29 is 80.2 Å². The van der Waals surface area contributed by atoms with E-state index in [2.05, 4.69) is 55.4 Å². The number of aliphatic hydroxyl groups excluding tert-OH is 1. The maximum atomic E-state index is 13.1. The number of rotatable bonds is 72. The Bertz CT molecular complexity index is 1850. The van der Waals surface area contributed by atoms with Crippen LogP contribution in [-0.2, 0) is 65.4 Å². The summed E-state index contributed by atoms with van der Waals surface area (Å²) in [6.07, 6.45) is 48.7. The Balaban J connectivity index is 5.23. The van der Waals surface area contributed by atoms with Crippen LogP contribution >= 0.6 is 15.6 Å². The fraction of sp³-hybridized carbons (Fsp3) is 0.947. The van der Waals surface area contributed by atoms with Gasteiger partial charge in [-0.25, -0.2) is 9.13 Å². The first kappa shape index (κ1) is 92.1. The summed E-state index contributed by atoms with van der Waals surface area (Å²) in [6.45, 7) is 14.1. The van der Waals surface area contributed by atoms with E-state index < -0.39 is 97.5 Å². The zero-order valence-electron chi connectivity index (χ0n) is 61.6. The van der Waals surface area contributed by atoms with Crippen molar-refractivity contribution in [2.75, 3.05) is 39.6 Å². The molecule has 0 amide bonds. The molecule has 0 aliphatic carbocycles. The molecule has 558 valence electrons. The normalized spacial score (nSPS) is 14.4. The standard InChI is InChI=1S/C75H146O17P2/c1-9-68(8)54-46-38-33-34-42-50-58-75(80)92-71(62-86-73(78)56-48-40-31-26-25-29-37-45-53-67(6)7)64-90-94(83,84)88-60-69(76)59-87-93(81,82)89-63-70(61-85-72(77)55-47-39-30-23-20-16-18-22-28-36-44-52-66(4)5)91-74(79)57-49-41-32-24-19-15-13-11-10-12-14-17-21-27-35-43-51-65(2)3/h65-71,76H,9-64H2,1-8H3,(H,81,82)(H,83,84)/t68?,69?,70-,71-/m1/s1. The molecule has 94 heavy (non-hydrogen) atoms. The summed E-state index contributed by atoms with van der Waals surface area (Å²) < 4.78 is 68.5. The van der Waals surface area contributed by atoms with E-state index in [1.165, 1.54) is 180 Å². The van der Waals surface area contributed by atoms with Crippen LogP contribution in [0.25, 0.3) is 0 Å². The first-order chi connectivity index (χ1) is 45.1. The van der Waals surface area contributed by atoms with Crippen LogP contribution < -0.4 is 0 Å². The number of hydrogen-bond donors (Lipinski definition) is 3. The molecule has 3 N–H and O–H groups in total. The zero-order valence-corrected chi connectivity index (χ0v) is 63.4. The van der Waals surface area contributed by atoms with Gasteiger partial charge in [-0.05, 0) is 49.4 Å². The zero-order chi connectivity index (χ0) is 69.6. The molecule has 0 heterocycles. The van der Waals surface area contributed by atoms with Gasteiger partial charge in [-0.2, -0.15) is 0 Å². The SMILES string of the molecule is CCC(C)CCCCCCCCC(=O)O[C@H](COC(=O)CCCCCCCCCCC(C)C)COP(=O)(O)OCC(O)COP(=O)(O)OC[C@@H](COC(=O)CCCCCCCCCCCCCC(C)C)OC(=O)CCCCCCCCCCCCCCCCCCC(C)C. The Morgan fingerprint density at radius 2 is 0.511 bits per heavy atom. The molecule has 0 radical (unpaired) electrons. The van der Waals surface area contributed by atoms with E-state index >= 15 is 0 Å². The first-order valence-electron chi connectivity index (χ1n) is 38.7. The Kier molecular flexibility index (Phi) is 63.1. The highest BCUT2D eigenvalue weighted by Gasteiger charge is 2.30. The Hall–Kier alpha value is -1.94. The van der Waals surface area contributed by atoms with Gasteiger partial charge in [0.05, 0.1) is 26.4 Å². The van der Waals surface area contributed by atoms with Crippen molar-refractivity contribution in [3.05, 3.63) is 0 Å². The number of aliphatic hydroxyl groups is 1. The molecule has 17 nitrogen and oxygen atoms in total. The van der Waals surface area contributed by atoms with Gasteiger partial charge in [0, 0.05) is 25.7 Å². The molecule has 4 unspecified atom stereocenters. The lowest BCUT2D eigenvalue weighted by Crippen LogP contribution is -2.30. The minimum absolute atomic E-state index is 0.102. The molecule has 0 rings (SSSR count). The predicted octanol–water partition coefficient (Wildman–Crippen LogP) is 21.7. The highest BCUT2D eigenvalue weighted by Crippen LogP contribution is 2.45. The number of unbranched alkanes of at least 4 members (excludes halogenated alkanes) is 37. The van der Waals surface area contributed by atoms with E-state index in [1.54, 1.807) is 0 Å². The predicted molar refractivity (Wildman–Crippen MR) is 381 cm³/mol. The highest BCUT2D eigenvalue weighted by molar-refractivity contribution is 7.47. The second-order valence-electron chi connectivity index (χ2n) is 28.7. The highest BCUT2D eigenvalue weighted by atomic mass is 31.2. The van der Waals surface area contributed by atoms with Crippen LogP contribution in [0.3, 0.4) is 0 Å². The summed E-state index contributed by atoms with van der Waals surface area (Å²) in [5, 5.41) is 10.6. The average Bonchev–Trinajstić information content (AvgIpc) is 1.85. The van der Waals surface area contributed by atoms with Gasteiger partial charge in [-0.1, -0.05) is 325 Å². The molecule has 0 spiro atoms. The van der Waals surface area contributed by atoms with Crippen LogP contribution in [0.4, 0.5) is 0 Å². The lowest BCUT2D eigenvalue weighted by Gasteiger charge is -2.21. The van der Waals surface area contributed by atoms with Gasteiger partial charge in [0.2, 0.25) is 0 Å². The lowest BCUT2D eigenvalue weighted by atomic mass is 10.00. The largest absolute Gasteiger partial charge is 0.472 e. The van der Waals surface area contributed by atoms with Crippen LogP contribution in [0.5, 0.6) is 0 Å². The van der Waals surface area contributed by atoms with Gasteiger partial charge in [0.1, 0.15) is 19.3 Å². The van der Waals surface area contributed by atoms with Gasteiger partial charge in [-0.15, -0.1) is 0 Å². The van der Waals surface area contributed by atoms with Crippen molar-refractivity contribution in [2.45, 2.75) is 395 Å². The Morgan fingerprint density at radius 3 is 0.755 bits per heavy atom. The number of hydrogen-bond acceptors (Lipinski definition) is 15. The van der Waals surface area contributed by atoms with Gasteiger partial charge in [-0.3, -0.25) is 37.3 Å². The van der Waals surface area contributed by atoms with Crippen molar-refractivity contribution in [1.82, 2.24) is 0 Å². The number of phosphoric acid groups is 2. The average molecular weight is 1380 g/mol. The van der Waals surface area contributed by atoms with E-state index in [0.29, 0.717) is 25.7 Å². The van der Waals surface area contributed by atoms with E-state index in [0.717, 1.165) is 114 Å². The summed E-state index contributed by atoms with van der Waals surface area (Å²) in [4.78, 5) is 72.7. The molecule has 0 aliphatic heterocycles. The number of carbonyl (C=O) groups excluding carboxylic acids is 4. The summed E-state index contributed by atoms with van der Waals surface area (Å²) in [5.74, 6) is 0.901. The maximum absolute atomic E-state index is 13.1. The van der Waals surface area contributed by atoms with Crippen molar-refractivity contribution >= 4 is 39.5 Å². The smallest absolute Gasteiger partial charge is 0.462 e. The number of phosphoric ester groups is 2. The third-order valence-corrected chi connectivity index (χ3v) is 19.6. The number of ether oxygens (including phenoxy) is 4. The third kappa shape index (κ3) is 67.3. The first-order valence-corrected chi connectivity index (χ1v) is 41.7. The summed E-state index contributed by atoms with van der Waals surface area (Å²) in [7, 11) is -9.91.